The van der Waals surface area contributed by atoms with Crippen molar-refractivity contribution < 1.29 is 14.3 Å². The molecule has 1 aliphatic rings. The van der Waals surface area contributed by atoms with E-state index in [9.17, 15) is 4.79 Å². The molecule has 2 aromatic heterocycles. The second-order valence-electron chi connectivity index (χ2n) is 5.68. The molecule has 128 valence electrons. The average Bonchev–Trinajstić information content (AvgIpc) is 3.36. The SMILES string of the molecule is CCCc1[nH]nc(-c2ccc3c(c2)OCO3)c1NC(=O)c1cccs1. The molecule has 0 fully saturated rings. The second-order valence-corrected chi connectivity index (χ2v) is 6.62. The molecule has 6 nitrogen and oxygen atoms in total. The van der Waals surface area contributed by atoms with Crippen molar-refractivity contribution in [2.45, 2.75) is 19.8 Å². The van der Waals surface area contributed by atoms with E-state index in [1.807, 2.05) is 29.6 Å². The summed E-state index contributed by atoms with van der Waals surface area (Å²) >= 11 is 1.41. The lowest BCUT2D eigenvalue weighted by atomic mass is 10.1. The van der Waals surface area contributed by atoms with E-state index >= 15 is 0 Å². The number of ether oxygens (including phenoxy) is 2. The third-order valence-electron chi connectivity index (χ3n) is 3.97. The molecule has 7 heteroatoms. The standard InChI is InChI=1S/C18H17N3O3S/c1-2-4-12-17(19-18(22)15-5-3-8-25-15)16(21-20-12)11-6-7-13-14(9-11)24-10-23-13/h3,5-9H,2,4,10H2,1H3,(H,19,22)(H,20,21). The van der Waals surface area contributed by atoms with E-state index in [0.29, 0.717) is 16.3 Å². The number of amides is 1. The van der Waals surface area contributed by atoms with Crippen LogP contribution in [0.25, 0.3) is 11.3 Å². The zero-order valence-electron chi connectivity index (χ0n) is 13.7. The number of hydrogen-bond acceptors (Lipinski definition) is 5. The molecule has 4 rings (SSSR count). The lowest BCUT2D eigenvalue weighted by Gasteiger charge is -2.08. The highest BCUT2D eigenvalue weighted by Crippen LogP contribution is 2.38. The Labute approximate surface area is 148 Å². The molecule has 0 bridgehead atoms. The van der Waals surface area contributed by atoms with Gasteiger partial charge in [0.2, 0.25) is 6.79 Å². The Morgan fingerprint density at radius 2 is 2.20 bits per heavy atom. The van der Waals surface area contributed by atoms with Gasteiger partial charge in [-0.1, -0.05) is 19.4 Å². The number of benzene rings is 1. The summed E-state index contributed by atoms with van der Waals surface area (Å²) in [6.07, 6.45) is 1.75. The van der Waals surface area contributed by atoms with E-state index in [2.05, 4.69) is 22.4 Å². The van der Waals surface area contributed by atoms with E-state index in [0.717, 1.165) is 35.5 Å². The molecule has 0 saturated heterocycles. The summed E-state index contributed by atoms with van der Waals surface area (Å²) < 4.78 is 10.8. The fourth-order valence-electron chi connectivity index (χ4n) is 2.78. The Kier molecular flexibility index (Phi) is 4.15. The van der Waals surface area contributed by atoms with Gasteiger partial charge in [-0.25, -0.2) is 0 Å². The zero-order chi connectivity index (χ0) is 17.2. The van der Waals surface area contributed by atoms with Crippen LogP contribution in [0, 0.1) is 0 Å². The van der Waals surface area contributed by atoms with Gasteiger partial charge in [0.05, 0.1) is 16.3 Å². The summed E-state index contributed by atoms with van der Waals surface area (Å²) in [6, 6.07) is 9.33. The number of aromatic amines is 1. The number of thiophene rings is 1. The van der Waals surface area contributed by atoms with Gasteiger partial charge in [0, 0.05) is 5.56 Å². The first-order chi connectivity index (χ1) is 12.3. The van der Waals surface area contributed by atoms with Gasteiger partial charge in [0.15, 0.2) is 11.5 Å². The van der Waals surface area contributed by atoms with Gasteiger partial charge in [-0.15, -0.1) is 11.3 Å². The third-order valence-corrected chi connectivity index (χ3v) is 4.84. The maximum atomic E-state index is 12.5. The molecule has 3 heterocycles. The predicted molar refractivity (Wildman–Crippen MR) is 96.4 cm³/mol. The van der Waals surface area contributed by atoms with Crippen LogP contribution in [0.3, 0.4) is 0 Å². The van der Waals surface area contributed by atoms with Crippen molar-refractivity contribution in [3.63, 3.8) is 0 Å². The number of nitrogens with one attached hydrogen (secondary N) is 2. The average molecular weight is 355 g/mol. The molecule has 0 radical (unpaired) electrons. The molecule has 0 unspecified atom stereocenters. The first kappa shape index (κ1) is 15.7. The van der Waals surface area contributed by atoms with Gasteiger partial charge < -0.3 is 14.8 Å². The number of rotatable bonds is 5. The van der Waals surface area contributed by atoms with Crippen LogP contribution >= 0.6 is 11.3 Å². The van der Waals surface area contributed by atoms with Crippen LogP contribution < -0.4 is 14.8 Å². The molecule has 1 aromatic carbocycles. The van der Waals surface area contributed by atoms with E-state index in [4.69, 9.17) is 9.47 Å². The quantitative estimate of drug-likeness (QED) is 0.723. The molecule has 1 amide bonds. The fourth-order valence-corrected chi connectivity index (χ4v) is 3.40. The van der Waals surface area contributed by atoms with Crippen molar-refractivity contribution in [1.82, 2.24) is 10.2 Å². The van der Waals surface area contributed by atoms with Crippen LogP contribution in [0.4, 0.5) is 5.69 Å². The molecule has 0 atom stereocenters. The van der Waals surface area contributed by atoms with Crippen LogP contribution in [0.15, 0.2) is 35.7 Å². The highest BCUT2D eigenvalue weighted by molar-refractivity contribution is 7.12. The number of H-pyrrole nitrogens is 1. The minimum atomic E-state index is -0.129. The monoisotopic (exact) mass is 355 g/mol. The molecule has 1 aliphatic heterocycles. The van der Waals surface area contributed by atoms with Crippen molar-refractivity contribution in [2.24, 2.45) is 0 Å². The summed E-state index contributed by atoms with van der Waals surface area (Å²) in [5.41, 5.74) is 3.20. The zero-order valence-corrected chi connectivity index (χ0v) is 14.5. The Bertz CT molecular complexity index is 902. The number of fused-ring (bicyclic) bond motifs is 1. The second kappa shape index (κ2) is 6.60. The predicted octanol–water partition coefficient (Wildman–Crippen LogP) is 4.07. The van der Waals surface area contributed by atoms with Crippen LogP contribution in [0.5, 0.6) is 11.5 Å². The highest BCUT2D eigenvalue weighted by Gasteiger charge is 2.21. The number of hydrogen-bond donors (Lipinski definition) is 2. The number of anilines is 1. The number of aromatic nitrogens is 2. The van der Waals surface area contributed by atoms with Crippen molar-refractivity contribution in [2.75, 3.05) is 12.1 Å². The minimum Gasteiger partial charge on any atom is -0.454 e. The van der Waals surface area contributed by atoms with E-state index < -0.39 is 0 Å². The largest absolute Gasteiger partial charge is 0.454 e. The lowest BCUT2D eigenvalue weighted by Crippen LogP contribution is -2.11. The van der Waals surface area contributed by atoms with Gasteiger partial charge in [0.25, 0.3) is 5.91 Å². The highest BCUT2D eigenvalue weighted by atomic mass is 32.1. The topological polar surface area (TPSA) is 76.2 Å². The third kappa shape index (κ3) is 2.98. The van der Waals surface area contributed by atoms with E-state index in [-0.39, 0.29) is 12.7 Å². The Balaban J connectivity index is 1.71. The molecule has 25 heavy (non-hydrogen) atoms. The normalized spacial score (nSPS) is 12.4. The van der Waals surface area contributed by atoms with Gasteiger partial charge in [-0.2, -0.15) is 5.10 Å². The van der Waals surface area contributed by atoms with E-state index in [1.165, 1.54) is 11.3 Å². The summed E-state index contributed by atoms with van der Waals surface area (Å²) in [5, 5.41) is 12.4. The van der Waals surface area contributed by atoms with Crippen LogP contribution in [-0.2, 0) is 6.42 Å². The number of carbonyl (C=O) groups excluding carboxylic acids is 1. The molecular weight excluding hydrogens is 338 g/mol. The summed E-state index contributed by atoms with van der Waals surface area (Å²) in [7, 11) is 0. The van der Waals surface area contributed by atoms with Gasteiger partial charge in [-0.3, -0.25) is 9.89 Å². The summed E-state index contributed by atoms with van der Waals surface area (Å²) in [5.74, 6) is 1.28. The maximum absolute atomic E-state index is 12.5. The number of aryl methyl sites for hydroxylation is 1. The molecule has 3 aromatic rings. The minimum absolute atomic E-state index is 0.129. The molecular formula is C18H17N3O3S. The first-order valence-electron chi connectivity index (χ1n) is 8.08. The van der Waals surface area contributed by atoms with Gasteiger partial charge in [0.1, 0.15) is 5.69 Å². The van der Waals surface area contributed by atoms with Crippen molar-refractivity contribution in [3.8, 4) is 22.8 Å². The van der Waals surface area contributed by atoms with Crippen LogP contribution in [-0.4, -0.2) is 22.9 Å². The first-order valence-corrected chi connectivity index (χ1v) is 8.96. The molecule has 0 spiro atoms. The summed E-state index contributed by atoms with van der Waals surface area (Å²) in [6.45, 7) is 2.31. The van der Waals surface area contributed by atoms with Crippen LogP contribution in [0.2, 0.25) is 0 Å². The van der Waals surface area contributed by atoms with E-state index in [1.54, 1.807) is 6.07 Å². The Morgan fingerprint density at radius 3 is 3.00 bits per heavy atom. The molecule has 2 N–H and O–H groups in total. The van der Waals surface area contributed by atoms with Crippen molar-refractivity contribution in [1.29, 1.82) is 0 Å². The van der Waals surface area contributed by atoms with Crippen LogP contribution in [0.1, 0.15) is 28.7 Å². The maximum Gasteiger partial charge on any atom is 0.265 e. The van der Waals surface area contributed by atoms with Gasteiger partial charge in [-0.05, 0) is 36.1 Å². The lowest BCUT2D eigenvalue weighted by molar-refractivity contribution is 0.103. The number of carbonyl (C=O) groups is 1. The fraction of sp³-hybridized carbons (Fsp3) is 0.222. The molecule has 0 aliphatic carbocycles. The van der Waals surface area contributed by atoms with Crippen molar-refractivity contribution >= 4 is 22.9 Å². The Hall–Kier alpha value is -2.80. The van der Waals surface area contributed by atoms with Gasteiger partial charge >= 0.3 is 0 Å². The van der Waals surface area contributed by atoms with Crippen molar-refractivity contribution in [3.05, 3.63) is 46.3 Å². The molecule has 0 saturated carbocycles. The number of nitrogens with zero attached hydrogens (tertiary/aromatic N) is 1. The smallest absolute Gasteiger partial charge is 0.265 e. The Morgan fingerprint density at radius 1 is 1.32 bits per heavy atom. The summed E-state index contributed by atoms with van der Waals surface area (Å²) in [4.78, 5) is 13.2.